The van der Waals surface area contributed by atoms with E-state index in [1.165, 1.54) is 0 Å². The van der Waals surface area contributed by atoms with Crippen LogP contribution in [0.25, 0.3) is 0 Å². The van der Waals surface area contributed by atoms with Crippen LogP contribution in [-0.2, 0) is 0 Å². The van der Waals surface area contributed by atoms with E-state index >= 15 is 0 Å². The number of hydrogen-bond acceptors (Lipinski definition) is 2. The zero-order valence-electron chi connectivity index (χ0n) is 10.4. The zero-order chi connectivity index (χ0) is 13.0. The highest BCUT2D eigenvalue weighted by Crippen LogP contribution is 2.10. The molecule has 0 fully saturated rings. The van der Waals surface area contributed by atoms with Gasteiger partial charge in [0, 0.05) is 18.0 Å². The molecule has 3 N–H and O–H groups in total. The Morgan fingerprint density at radius 1 is 1.47 bits per heavy atom. The van der Waals surface area contributed by atoms with Gasteiger partial charge in [-0.1, -0.05) is 29.9 Å². The molecule has 1 unspecified atom stereocenters. The molecule has 0 aliphatic carbocycles. The molecule has 17 heavy (non-hydrogen) atoms. The standard InChI is InChI=1S/C13H18N2OS/c1-8-4-5-9(2)11(6-8)13(16)15-10(3)7-12(14)17/h4-6,10H,7H2,1-3H3,(H2,14,17)(H,15,16). The fraction of sp³-hybridized carbons (Fsp3) is 0.385. The van der Waals surface area contributed by atoms with E-state index in [2.05, 4.69) is 5.32 Å². The van der Waals surface area contributed by atoms with E-state index in [4.69, 9.17) is 18.0 Å². The van der Waals surface area contributed by atoms with Gasteiger partial charge in [0.05, 0.1) is 4.99 Å². The molecule has 1 aromatic carbocycles. The first-order valence-corrected chi connectivity index (χ1v) is 5.97. The average Bonchev–Trinajstić information content (AvgIpc) is 2.20. The molecule has 0 aromatic heterocycles. The van der Waals surface area contributed by atoms with Gasteiger partial charge in [-0.25, -0.2) is 0 Å². The summed E-state index contributed by atoms with van der Waals surface area (Å²) in [5.41, 5.74) is 8.19. The number of benzene rings is 1. The van der Waals surface area contributed by atoms with Crippen LogP contribution in [0.3, 0.4) is 0 Å². The van der Waals surface area contributed by atoms with E-state index in [1.807, 2.05) is 39.0 Å². The Bertz CT molecular complexity index is 443. The van der Waals surface area contributed by atoms with Crippen LogP contribution in [0, 0.1) is 13.8 Å². The third-order valence-corrected chi connectivity index (χ3v) is 2.69. The summed E-state index contributed by atoms with van der Waals surface area (Å²) >= 11 is 4.81. The second-order valence-electron chi connectivity index (χ2n) is 4.36. The zero-order valence-corrected chi connectivity index (χ0v) is 11.2. The third kappa shape index (κ3) is 4.15. The highest BCUT2D eigenvalue weighted by Gasteiger charge is 2.12. The van der Waals surface area contributed by atoms with Crippen LogP contribution in [0.2, 0.25) is 0 Å². The molecule has 0 aliphatic rings. The minimum atomic E-state index is -0.0741. The first-order valence-electron chi connectivity index (χ1n) is 5.56. The molecule has 0 saturated carbocycles. The van der Waals surface area contributed by atoms with Crippen molar-refractivity contribution in [2.45, 2.75) is 33.2 Å². The van der Waals surface area contributed by atoms with Gasteiger partial charge < -0.3 is 11.1 Å². The molecule has 0 aliphatic heterocycles. The van der Waals surface area contributed by atoms with Crippen LogP contribution in [0.5, 0.6) is 0 Å². The van der Waals surface area contributed by atoms with Gasteiger partial charge in [0.15, 0.2) is 0 Å². The maximum atomic E-state index is 12.0. The normalized spacial score (nSPS) is 11.9. The third-order valence-electron chi connectivity index (χ3n) is 2.52. The van der Waals surface area contributed by atoms with Crippen molar-refractivity contribution in [2.24, 2.45) is 5.73 Å². The molecule has 1 atom stereocenters. The van der Waals surface area contributed by atoms with Crippen molar-refractivity contribution in [3.05, 3.63) is 34.9 Å². The van der Waals surface area contributed by atoms with Gasteiger partial charge >= 0.3 is 0 Å². The highest BCUT2D eigenvalue weighted by molar-refractivity contribution is 7.80. The second kappa shape index (κ2) is 5.77. The van der Waals surface area contributed by atoms with E-state index < -0.39 is 0 Å². The van der Waals surface area contributed by atoms with Crippen LogP contribution >= 0.6 is 12.2 Å². The summed E-state index contributed by atoms with van der Waals surface area (Å²) in [6.07, 6.45) is 0.520. The second-order valence-corrected chi connectivity index (χ2v) is 4.89. The number of hydrogen-bond donors (Lipinski definition) is 2. The predicted octanol–water partition coefficient (Wildman–Crippen LogP) is 2.10. The van der Waals surface area contributed by atoms with Crippen LogP contribution in [0.1, 0.15) is 34.8 Å². The number of nitrogens with one attached hydrogen (secondary N) is 1. The van der Waals surface area contributed by atoms with E-state index in [-0.39, 0.29) is 11.9 Å². The number of aryl methyl sites for hydroxylation is 2. The van der Waals surface area contributed by atoms with E-state index in [9.17, 15) is 4.79 Å². The van der Waals surface area contributed by atoms with Gasteiger partial charge in [-0.3, -0.25) is 4.79 Å². The van der Waals surface area contributed by atoms with E-state index in [0.717, 1.165) is 11.1 Å². The lowest BCUT2D eigenvalue weighted by Crippen LogP contribution is -2.35. The summed E-state index contributed by atoms with van der Waals surface area (Å²) in [5, 5.41) is 2.89. The van der Waals surface area contributed by atoms with Gasteiger partial charge in [-0.2, -0.15) is 0 Å². The van der Waals surface area contributed by atoms with Crippen molar-refractivity contribution in [3.8, 4) is 0 Å². The predicted molar refractivity (Wildman–Crippen MR) is 74.2 cm³/mol. The molecule has 0 spiro atoms. The van der Waals surface area contributed by atoms with Crippen molar-refractivity contribution in [2.75, 3.05) is 0 Å². The summed E-state index contributed by atoms with van der Waals surface area (Å²) < 4.78 is 0. The molecular formula is C13H18N2OS. The van der Waals surface area contributed by atoms with Crippen molar-refractivity contribution in [1.82, 2.24) is 5.32 Å². The van der Waals surface area contributed by atoms with Gasteiger partial charge in [-0.15, -0.1) is 0 Å². The molecule has 0 heterocycles. The first-order chi connectivity index (χ1) is 7.90. The summed E-state index contributed by atoms with van der Waals surface area (Å²) in [6.45, 7) is 5.78. The molecule has 1 rings (SSSR count). The summed E-state index contributed by atoms with van der Waals surface area (Å²) in [7, 11) is 0. The summed E-state index contributed by atoms with van der Waals surface area (Å²) in [5.74, 6) is -0.0741. The van der Waals surface area contributed by atoms with E-state index in [1.54, 1.807) is 0 Å². The van der Waals surface area contributed by atoms with E-state index in [0.29, 0.717) is 17.0 Å². The maximum absolute atomic E-state index is 12.0. The Balaban J connectivity index is 2.76. The maximum Gasteiger partial charge on any atom is 0.251 e. The molecule has 4 heteroatoms. The van der Waals surface area contributed by atoms with Crippen LogP contribution in [0.15, 0.2) is 18.2 Å². The molecule has 0 saturated heterocycles. The lowest BCUT2D eigenvalue weighted by Gasteiger charge is -2.14. The fourth-order valence-electron chi connectivity index (χ4n) is 1.63. The van der Waals surface area contributed by atoms with Crippen LogP contribution < -0.4 is 11.1 Å². The van der Waals surface area contributed by atoms with Crippen molar-refractivity contribution in [1.29, 1.82) is 0 Å². The van der Waals surface area contributed by atoms with Gasteiger partial charge in [0.1, 0.15) is 0 Å². The number of thiocarbonyl (C=S) groups is 1. The van der Waals surface area contributed by atoms with Crippen LogP contribution in [0.4, 0.5) is 0 Å². The topological polar surface area (TPSA) is 55.1 Å². The Morgan fingerprint density at radius 2 is 2.12 bits per heavy atom. The quantitative estimate of drug-likeness (QED) is 0.805. The van der Waals surface area contributed by atoms with Gasteiger partial charge in [0.2, 0.25) is 0 Å². The molecule has 92 valence electrons. The van der Waals surface area contributed by atoms with Crippen molar-refractivity contribution < 1.29 is 4.79 Å². The summed E-state index contributed by atoms with van der Waals surface area (Å²) in [6, 6.07) is 5.78. The monoisotopic (exact) mass is 250 g/mol. The number of nitrogens with two attached hydrogens (primary N) is 1. The minimum Gasteiger partial charge on any atom is -0.393 e. The number of carbonyl (C=O) groups excluding carboxylic acids is 1. The SMILES string of the molecule is Cc1ccc(C)c(C(=O)NC(C)CC(N)=S)c1. The molecule has 0 bridgehead atoms. The van der Waals surface area contributed by atoms with Gasteiger partial charge in [0.25, 0.3) is 5.91 Å². The highest BCUT2D eigenvalue weighted by atomic mass is 32.1. The molecule has 0 radical (unpaired) electrons. The molecule has 1 amide bonds. The largest absolute Gasteiger partial charge is 0.393 e. The molecule has 3 nitrogen and oxygen atoms in total. The number of rotatable bonds is 4. The summed E-state index contributed by atoms with van der Waals surface area (Å²) in [4.78, 5) is 12.4. The van der Waals surface area contributed by atoms with Gasteiger partial charge in [-0.05, 0) is 32.4 Å². The Kier molecular flexibility index (Phi) is 4.63. The smallest absolute Gasteiger partial charge is 0.251 e. The first kappa shape index (κ1) is 13.6. The Labute approximate surface area is 107 Å². The Hall–Kier alpha value is -1.42. The molecular weight excluding hydrogens is 232 g/mol. The Morgan fingerprint density at radius 3 is 2.71 bits per heavy atom. The minimum absolute atomic E-state index is 0.0417. The van der Waals surface area contributed by atoms with Crippen LogP contribution in [-0.4, -0.2) is 16.9 Å². The number of carbonyl (C=O) groups is 1. The molecule has 1 aromatic rings. The lowest BCUT2D eigenvalue weighted by molar-refractivity contribution is 0.0940. The van der Waals surface area contributed by atoms with Crippen molar-refractivity contribution >= 4 is 23.1 Å². The van der Waals surface area contributed by atoms with Crippen molar-refractivity contribution in [3.63, 3.8) is 0 Å². The number of amides is 1. The average molecular weight is 250 g/mol. The fourth-order valence-corrected chi connectivity index (χ4v) is 1.88. The lowest BCUT2D eigenvalue weighted by atomic mass is 10.0.